The Morgan fingerprint density at radius 1 is 1.14 bits per heavy atom. The summed E-state index contributed by atoms with van der Waals surface area (Å²) in [5.41, 5.74) is 0.536. The second kappa shape index (κ2) is 5.30. The van der Waals surface area contributed by atoms with Gasteiger partial charge in [-0.2, -0.15) is 8.42 Å². The van der Waals surface area contributed by atoms with Crippen LogP contribution in [-0.4, -0.2) is 13.6 Å². The molecule has 22 heavy (non-hydrogen) atoms. The highest BCUT2D eigenvalue weighted by atomic mass is 32.2. The van der Waals surface area contributed by atoms with Crippen molar-refractivity contribution in [2.75, 3.05) is 4.72 Å². The fourth-order valence-corrected chi connectivity index (χ4v) is 2.79. The number of furan rings is 1. The zero-order valence-electron chi connectivity index (χ0n) is 11.4. The molecule has 1 N–H and O–H groups in total. The molecule has 6 nitrogen and oxygen atoms in total. The number of aromatic nitrogens is 1. The van der Waals surface area contributed by atoms with E-state index in [9.17, 15) is 12.8 Å². The van der Waals surface area contributed by atoms with Crippen LogP contribution >= 0.6 is 0 Å². The SMILES string of the molecule is Cc1ccc(NS(=O)(=O)c2ccc(-c3ccno3)o2)cc1F. The van der Waals surface area contributed by atoms with E-state index in [1.807, 2.05) is 0 Å². The normalized spacial score (nSPS) is 11.5. The Kier molecular flexibility index (Phi) is 3.45. The number of anilines is 1. The molecular weight excluding hydrogens is 311 g/mol. The molecule has 2 heterocycles. The molecule has 0 saturated carbocycles. The Hall–Kier alpha value is -2.61. The van der Waals surface area contributed by atoms with Gasteiger partial charge in [0.2, 0.25) is 10.9 Å². The van der Waals surface area contributed by atoms with E-state index >= 15 is 0 Å². The molecule has 3 rings (SSSR count). The number of rotatable bonds is 4. The lowest BCUT2D eigenvalue weighted by Gasteiger charge is -2.06. The van der Waals surface area contributed by atoms with Gasteiger partial charge in [0.05, 0.1) is 11.9 Å². The average Bonchev–Trinajstić information content (AvgIpc) is 3.12. The summed E-state index contributed by atoms with van der Waals surface area (Å²) in [7, 11) is -3.96. The molecule has 0 aliphatic heterocycles. The summed E-state index contributed by atoms with van der Waals surface area (Å²) in [6.07, 6.45) is 1.42. The first-order chi connectivity index (χ1) is 10.5. The van der Waals surface area contributed by atoms with Crippen molar-refractivity contribution in [3.8, 4) is 11.5 Å². The van der Waals surface area contributed by atoms with Crippen LogP contribution in [0, 0.1) is 12.7 Å². The molecule has 0 amide bonds. The lowest BCUT2D eigenvalue weighted by atomic mass is 10.2. The zero-order chi connectivity index (χ0) is 15.7. The van der Waals surface area contributed by atoms with E-state index < -0.39 is 15.8 Å². The number of hydrogen-bond acceptors (Lipinski definition) is 5. The first kappa shape index (κ1) is 14.3. The maximum atomic E-state index is 13.5. The molecule has 0 aliphatic carbocycles. The van der Waals surface area contributed by atoms with Gasteiger partial charge in [0.15, 0.2) is 5.76 Å². The number of halogens is 1. The van der Waals surface area contributed by atoms with Gasteiger partial charge < -0.3 is 8.94 Å². The highest BCUT2D eigenvalue weighted by Gasteiger charge is 2.20. The molecule has 0 fully saturated rings. The number of nitrogens with zero attached hydrogens (tertiary/aromatic N) is 1. The second-order valence-corrected chi connectivity index (χ2v) is 6.18. The van der Waals surface area contributed by atoms with E-state index in [4.69, 9.17) is 8.94 Å². The largest absolute Gasteiger partial charge is 0.439 e. The Labute approximate surface area is 125 Å². The topological polar surface area (TPSA) is 85.3 Å². The molecular formula is C14H11FN2O4S. The molecule has 8 heteroatoms. The molecule has 114 valence electrons. The zero-order valence-corrected chi connectivity index (χ0v) is 12.2. The van der Waals surface area contributed by atoms with Crippen LogP contribution in [0.5, 0.6) is 0 Å². The van der Waals surface area contributed by atoms with Crippen molar-refractivity contribution in [1.82, 2.24) is 5.16 Å². The van der Waals surface area contributed by atoms with Crippen LogP contribution in [0.2, 0.25) is 0 Å². The standard InChI is InChI=1S/C14H11FN2O4S/c1-9-2-3-10(8-11(9)15)17-22(18,19)14-5-4-12(20-14)13-6-7-16-21-13/h2-8,17H,1H3. The van der Waals surface area contributed by atoms with Crippen LogP contribution in [0.4, 0.5) is 10.1 Å². The minimum Gasteiger partial charge on any atom is -0.439 e. The monoisotopic (exact) mass is 322 g/mol. The predicted octanol–water partition coefficient (Wildman–Crippen LogP) is 3.18. The summed E-state index contributed by atoms with van der Waals surface area (Å²) in [6.45, 7) is 1.59. The van der Waals surface area contributed by atoms with E-state index in [1.54, 1.807) is 6.92 Å². The summed E-state index contributed by atoms with van der Waals surface area (Å²) < 4.78 is 50.3. The molecule has 0 saturated heterocycles. The van der Waals surface area contributed by atoms with Crippen molar-refractivity contribution >= 4 is 15.7 Å². The van der Waals surface area contributed by atoms with E-state index in [-0.39, 0.29) is 16.5 Å². The van der Waals surface area contributed by atoms with E-state index in [0.29, 0.717) is 11.3 Å². The molecule has 3 aromatic rings. The van der Waals surface area contributed by atoms with Crippen LogP contribution in [-0.2, 0) is 10.0 Å². The van der Waals surface area contributed by atoms with Gasteiger partial charge in [0, 0.05) is 6.07 Å². The fourth-order valence-electron chi connectivity index (χ4n) is 1.80. The van der Waals surface area contributed by atoms with Crippen molar-refractivity contribution < 1.29 is 21.7 Å². The third-order valence-electron chi connectivity index (χ3n) is 2.95. The van der Waals surface area contributed by atoms with Gasteiger partial charge >= 0.3 is 0 Å². The van der Waals surface area contributed by atoms with Gasteiger partial charge in [-0.25, -0.2) is 4.39 Å². The van der Waals surface area contributed by atoms with Crippen molar-refractivity contribution in [3.05, 3.63) is 54.0 Å². The van der Waals surface area contributed by atoms with Gasteiger partial charge in [0.1, 0.15) is 5.82 Å². The summed E-state index contributed by atoms with van der Waals surface area (Å²) in [4.78, 5) is 0. The molecule has 0 spiro atoms. The number of nitrogens with one attached hydrogen (secondary N) is 1. The summed E-state index contributed by atoms with van der Waals surface area (Å²) in [5, 5.41) is 3.21. The third-order valence-corrected chi connectivity index (χ3v) is 4.20. The van der Waals surface area contributed by atoms with Crippen LogP contribution in [0.15, 0.2) is 56.6 Å². The molecule has 0 aliphatic rings. The third kappa shape index (κ3) is 2.73. The molecule has 0 unspecified atom stereocenters. The smallest absolute Gasteiger partial charge is 0.295 e. The quantitative estimate of drug-likeness (QED) is 0.797. The molecule has 0 atom stereocenters. The number of aryl methyl sites for hydroxylation is 1. The Morgan fingerprint density at radius 3 is 2.64 bits per heavy atom. The Balaban J connectivity index is 1.88. The van der Waals surface area contributed by atoms with Crippen molar-refractivity contribution in [2.24, 2.45) is 0 Å². The van der Waals surface area contributed by atoms with E-state index in [0.717, 1.165) is 6.07 Å². The van der Waals surface area contributed by atoms with Crippen LogP contribution in [0.25, 0.3) is 11.5 Å². The maximum absolute atomic E-state index is 13.5. The average molecular weight is 322 g/mol. The van der Waals surface area contributed by atoms with Gasteiger partial charge in [-0.15, -0.1) is 0 Å². The predicted molar refractivity (Wildman–Crippen MR) is 76.2 cm³/mol. The first-order valence-electron chi connectivity index (χ1n) is 6.25. The fraction of sp³-hybridized carbons (Fsp3) is 0.0714. The van der Waals surface area contributed by atoms with Crippen LogP contribution in [0.3, 0.4) is 0 Å². The lowest BCUT2D eigenvalue weighted by molar-refractivity contribution is 0.401. The minimum atomic E-state index is -3.96. The van der Waals surface area contributed by atoms with Crippen LogP contribution in [0.1, 0.15) is 5.56 Å². The molecule has 0 radical (unpaired) electrons. The van der Waals surface area contributed by atoms with Gasteiger partial charge in [-0.05, 0) is 36.8 Å². The first-order valence-corrected chi connectivity index (χ1v) is 7.74. The van der Waals surface area contributed by atoms with Gasteiger partial charge in [0.25, 0.3) is 10.0 Å². The summed E-state index contributed by atoms with van der Waals surface area (Å²) >= 11 is 0. The molecule has 0 bridgehead atoms. The van der Waals surface area contributed by atoms with Crippen molar-refractivity contribution in [3.63, 3.8) is 0 Å². The van der Waals surface area contributed by atoms with Crippen LogP contribution < -0.4 is 4.72 Å². The van der Waals surface area contributed by atoms with Crippen molar-refractivity contribution in [2.45, 2.75) is 12.0 Å². The van der Waals surface area contributed by atoms with Crippen molar-refractivity contribution in [1.29, 1.82) is 0 Å². The lowest BCUT2D eigenvalue weighted by Crippen LogP contribution is -2.12. The number of sulfonamides is 1. The maximum Gasteiger partial charge on any atom is 0.295 e. The van der Waals surface area contributed by atoms with Gasteiger partial charge in [-0.1, -0.05) is 11.2 Å². The Bertz CT molecular complexity index is 901. The molecule has 1 aromatic carbocycles. The molecule has 2 aromatic heterocycles. The number of hydrogen-bond donors (Lipinski definition) is 1. The highest BCUT2D eigenvalue weighted by molar-refractivity contribution is 7.92. The minimum absolute atomic E-state index is 0.112. The van der Waals surface area contributed by atoms with E-state index in [1.165, 1.54) is 36.5 Å². The second-order valence-electron chi connectivity index (χ2n) is 4.56. The van der Waals surface area contributed by atoms with E-state index in [2.05, 4.69) is 9.88 Å². The highest BCUT2D eigenvalue weighted by Crippen LogP contribution is 2.25. The summed E-state index contributed by atoms with van der Waals surface area (Å²) in [5.74, 6) is 0.0396. The van der Waals surface area contributed by atoms with Gasteiger partial charge in [-0.3, -0.25) is 4.72 Å². The summed E-state index contributed by atoms with van der Waals surface area (Å²) in [6, 6.07) is 8.33. The number of benzene rings is 1. The Morgan fingerprint density at radius 2 is 1.95 bits per heavy atom.